The van der Waals surface area contributed by atoms with Crippen LogP contribution in [0.1, 0.15) is 132 Å². The minimum absolute atomic E-state index is 0.00385. The number of halogens is 1. The highest BCUT2D eigenvalue weighted by Crippen LogP contribution is 2.55. The van der Waals surface area contributed by atoms with E-state index in [1.54, 1.807) is 19.2 Å². The first-order valence-corrected chi connectivity index (χ1v) is 28.8. The molecule has 5 fully saturated rings. The number of nitro groups is 1. The second-order valence-corrected chi connectivity index (χ2v) is 25.7. The molecule has 2 aliphatic carbocycles. The fourth-order valence-corrected chi connectivity index (χ4v) is 14.7. The van der Waals surface area contributed by atoms with Gasteiger partial charge in [-0.15, -0.1) is 0 Å². The number of nitrogens with one attached hydrogen (secondary N) is 3. The van der Waals surface area contributed by atoms with E-state index in [1.807, 2.05) is 36.1 Å². The highest BCUT2D eigenvalue weighted by molar-refractivity contribution is 7.90. The Morgan fingerprint density at radius 3 is 2.45 bits per heavy atom. The van der Waals surface area contributed by atoms with Gasteiger partial charge in [0.2, 0.25) is 5.88 Å². The topological polar surface area (TPSA) is 225 Å². The van der Waals surface area contributed by atoms with E-state index in [9.17, 15) is 33.5 Å². The van der Waals surface area contributed by atoms with E-state index < -0.39 is 60.5 Å². The zero-order valence-electron chi connectivity index (χ0n) is 44.1. The monoisotopic (exact) mass is 1080 g/mol. The van der Waals surface area contributed by atoms with Gasteiger partial charge >= 0.3 is 0 Å². The number of rotatable bonds is 10. The Labute approximate surface area is 447 Å². The minimum Gasteiger partial charge on any atom is -0.489 e. The number of hydrogen-bond donors (Lipinski definition) is 5. The number of aromatic nitrogens is 2. The second-order valence-electron chi connectivity index (χ2n) is 24.0. The third kappa shape index (κ3) is 9.54. The van der Waals surface area contributed by atoms with Gasteiger partial charge in [-0.25, -0.2) is 17.5 Å². The van der Waals surface area contributed by atoms with Crippen molar-refractivity contribution >= 4 is 55.4 Å². The van der Waals surface area contributed by atoms with Crippen LogP contribution < -0.4 is 29.3 Å². The number of pyridine rings is 1. The van der Waals surface area contributed by atoms with Crippen molar-refractivity contribution in [1.29, 1.82) is 0 Å². The Balaban J connectivity index is 0.835. The highest BCUT2D eigenvalue weighted by atomic mass is 32.2. The Kier molecular flexibility index (Phi) is 12.8. The van der Waals surface area contributed by atoms with Gasteiger partial charge < -0.3 is 44.5 Å². The molecule has 12 rings (SSSR count). The molecule has 77 heavy (non-hydrogen) atoms. The maximum atomic E-state index is 16.4. The molecule has 7 heterocycles. The van der Waals surface area contributed by atoms with E-state index in [2.05, 4.69) is 62.9 Å². The largest absolute Gasteiger partial charge is 0.489 e. The van der Waals surface area contributed by atoms with Crippen LogP contribution in [0.25, 0.3) is 11.0 Å². The quantitative estimate of drug-likeness (QED) is 0.0650. The zero-order chi connectivity index (χ0) is 53.8. The van der Waals surface area contributed by atoms with E-state index in [4.69, 9.17) is 19.2 Å². The number of hydrogen-bond acceptors (Lipinski definition) is 15. The molecule has 3 aromatic carbocycles. The smallest absolute Gasteiger partial charge is 0.297 e. The van der Waals surface area contributed by atoms with Crippen LogP contribution in [-0.2, 0) is 14.8 Å². The normalized spacial score (nSPS) is 29.4. The van der Waals surface area contributed by atoms with Gasteiger partial charge in [-0.1, -0.05) is 38.1 Å². The molecule has 0 radical (unpaired) electrons. The number of nitro benzene ring substituents is 1. The maximum Gasteiger partial charge on any atom is 0.297 e. The molecule has 18 nitrogen and oxygen atoms in total. The number of anilines is 4. The predicted molar refractivity (Wildman–Crippen MR) is 289 cm³/mol. The lowest BCUT2D eigenvalue weighted by atomic mass is 9.59. The molecule has 1 spiro atoms. The molecule has 5 N–H and O–H groups in total. The Bertz CT molecular complexity index is 3230. The number of piperidine rings is 2. The minimum atomic E-state index is -4.81. The molecule has 3 saturated heterocycles. The van der Waals surface area contributed by atoms with Gasteiger partial charge in [0, 0.05) is 67.7 Å². The molecule has 2 saturated carbocycles. The summed E-state index contributed by atoms with van der Waals surface area (Å²) < 4.78 is 65.8. The number of fused-ring (bicyclic) bond motifs is 4. The van der Waals surface area contributed by atoms with E-state index in [1.165, 1.54) is 11.1 Å². The summed E-state index contributed by atoms with van der Waals surface area (Å²) in [6.45, 7) is 10.7. The average molecular weight is 1080 g/mol. The van der Waals surface area contributed by atoms with E-state index in [0.717, 1.165) is 74.8 Å². The first-order chi connectivity index (χ1) is 36.7. The van der Waals surface area contributed by atoms with Crippen molar-refractivity contribution in [3.05, 3.63) is 99.7 Å². The van der Waals surface area contributed by atoms with Gasteiger partial charge in [0.15, 0.2) is 11.4 Å². The van der Waals surface area contributed by atoms with Crippen LogP contribution in [0.4, 0.5) is 32.8 Å². The zero-order valence-corrected chi connectivity index (χ0v) is 44.9. The summed E-state index contributed by atoms with van der Waals surface area (Å²) in [4.78, 5) is 41.1. The molecular formula is C57H69FN8O10S. The molecule has 0 unspecified atom stereocenters. The van der Waals surface area contributed by atoms with Crippen LogP contribution >= 0.6 is 0 Å². The molecule has 0 bridgehead atoms. The third-order valence-electron chi connectivity index (χ3n) is 18.2. The van der Waals surface area contributed by atoms with Crippen LogP contribution in [0.5, 0.6) is 11.6 Å². The van der Waals surface area contributed by atoms with Crippen molar-refractivity contribution in [3.63, 3.8) is 0 Å². The number of amides is 1. The summed E-state index contributed by atoms with van der Waals surface area (Å²) in [6, 6.07) is 19.3. The van der Waals surface area contributed by atoms with Crippen molar-refractivity contribution < 1.29 is 46.9 Å². The van der Waals surface area contributed by atoms with Crippen molar-refractivity contribution in [1.82, 2.24) is 19.6 Å². The summed E-state index contributed by atoms with van der Waals surface area (Å²) in [6.07, 6.45) is 7.91. The van der Waals surface area contributed by atoms with E-state index >= 15 is 4.39 Å². The fourth-order valence-electron chi connectivity index (χ4n) is 13.7. The Morgan fingerprint density at radius 2 is 1.70 bits per heavy atom. The number of carbonyl (C=O) groups excluding carboxylic acids is 1. The fraction of sp³-hybridized carbons (Fsp3) is 0.544. The van der Waals surface area contributed by atoms with Gasteiger partial charge in [-0.05, 0) is 137 Å². The number of β-amino-alcohol motifs (C(OH)–C–C–N with tert-alkyl or cyclic N) is 1. The number of alkyl halides is 1. The first kappa shape index (κ1) is 51.7. The maximum absolute atomic E-state index is 16.4. The number of nitrogens with zero attached hydrogens (tertiary/aromatic N) is 5. The van der Waals surface area contributed by atoms with Crippen LogP contribution in [0.2, 0.25) is 0 Å². The van der Waals surface area contributed by atoms with E-state index in [-0.39, 0.29) is 73.4 Å². The Hall–Kier alpha value is -6.06. The highest BCUT2D eigenvalue weighted by Gasteiger charge is 2.52. The van der Waals surface area contributed by atoms with Crippen LogP contribution in [-0.4, -0.2) is 125 Å². The molecule has 20 heteroatoms. The van der Waals surface area contributed by atoms with Crippen molar-refractivity contribution in [2.45, 2.75) is 156 Å². The number of carbonyl (C=O) groups is 1. The molecule has 7 aliphatic rings. The second kappa shape index (κ2) is 19.1. The number of benzene rings is 3. The molecule has 1 amide bonds. The molecule has 5 atom stereocenters. The summed E-state index contributed by atoms with van der Waals surface area (Å²) in [5, 5.41) is 38.2. The molecule has 410 valence electrons. The van der Waals surface area contributed by atoms with Crippen molar-refractivity contribution in [3.8, 4) is 11.6 Å². The average Bonchev–Trinajstić information content (AvgIpc) is 3.97. The summed E-state index contributed by atoms with van der Waals surface area (Å²) in [7, 11) is -4.81. The predicted octanol–water partition coefficient (Wildman–Crippen LogP) is 8.94. The van der Waals surface area contributed by atoms with Gasteiger partial charge in [0.25, 0.3) is 21.6 Å². The van der Waals surface area contributed by atoms with Crippen molar-refractivity contribution in [2.24, 2.45) is 5.41 Å². The first-order valence-electron chi connectivity index (χ1n) is 27.4. The summed E-state index contributed by atoms with van der Waals surface area (Å²) in [5.41, 5.74) is 0.986. The number of sulfonamides is 1. The number of aliphatic hydroxyl groups is 2. The lowest BCUT2D eigenvalue weighted by Gasteiger charge is -2.59. The van der Waals surface area contributed by atoms with Gasteiger partial charge in [0.1, 0.15) is 29.7 Å². The van der Waals surface area contributed by atoms with Crippen LogP contribution in [0.3, 0.4) is 0 Å². The molecule has 5 aromatic rings. The lowest BCUT2D eigenvalue weighted by molar-refractivity contribution is -0.384. The summed E-state index contributed by atoms with van der Waals surface area (Å²) >= 11 is 0. The standard InChI is InChI=1S/C57H69FN8O10S/c1-34(2)39-7-5-6-8-40(39)42-11-14-55(4,69)33-64(42)37-29-56(30-37)19-22-63(23-20-56)36-9-10-41(44(26-36)65-43-13-24-74-31-48(43)76-53-46(65)25-35-12-21-59-51(35)61-53)52(67)62-77(72,73)38-27-45(66(70)71)50-47(28-38)75-32-49(60-50)57(58)17-15-54(3,68)16-18-57/h5-10,12,21,25-28,34,37,42-43,48-49,60,68-69H,11,13-20,22-24,29-33H2,1-4H3,(H,59,61)(H,62,67)/t42-,43-,48-,49-,54?,55+,57?/m0/s1. The molecule has 2 aromatic heterocycles. The number of aromatic amines is 1. The Morgan fingerprint density at radius 1 is 0.935 bits per heavy atom. The van der Waals surface area contributed by atoms with Gasteiger partial charge in [0.05, 0.1) is 51.0 Å². The molecular weight excluding hydrogens is 1010 g/mol. The number of ether oxygens (including phenoxy) is 3. The molecule has 5 aliphatic heterocycles. The lowest BCUT2D eigenvalue weighted by Crippen LogP contribution is -2.60. The number of likely N-dealkylation sites (tertiary alicyclic amines) is 1. The van der Waals surface area contributed by atoms with Crippen molar-refractivity contribution in [2.75, 3.05) is 54.6 Å². The van der Waals surface area contributed by atoms with Gasteiger partial charge in [-0.3, -0.25) is 19.8 Å². The SMILES string of the molecule is CC(C)c1ccccc1[C@@H]1CC[C@@](C)(O)CN1C1CC2(CCN(c3ccc(C(=O)NS(=O)(=O)c4cc5c(c([N+](=O)[O-])c4)N[C@H](C4(F)CCC(C)(O)CC4)CO5)c(N4c5cc6cc[nH]c6nc5O[C@H]5COCC[C@@H]54)c3)CC2)C1. The summed E-state index contributed by atoms with van der Waals surface area (Å²) in [5.74, 6) is -0.415. The van der Waals surface area contributed by atoms with E-state index in [0.29, 0.717) is 54.4 Å². The van der Waals surface area contributed by atoms with Crippen LogP contribution in [0, 0.1) is 15.5 Å². The number of H-pyrrole nitrogens is 1. The third-order valence-corrected chi connectivity index (χ3v) is 19.5. The van der Waals surface area contributed by atoms with Gasteiger partial charge in [-0.2, -0.15) is 4.98 Å². The van der Waals surface area contributed by atoms with Crippen LogP contribution in [0.15, 0.2) is 77.8 Å².